The lowest BCUT2D eigenvalue weighted by atomic mass is 10.1. The highest BCUT2D eigenvalue weighted by atomic mass is 28.3. The lowest BCUT2D eigenvalue weighted by Gasteiger charge is -2.16. The molecule has 0 saturated heterocycles. The lowest BCUT2D eigenvalue weighted by Crippen LogP contribution is -2.17. The SMILES string of the molecule is C/C(=C\[Si](C)(C)C)c1nc(C)c(/C(C)=C/[Si](C)(C)C)nc1C. The summed E-state index contributed by atoms with van der Waals surface area (Å²) in [5.74, 6) is 0. The molecule has 122 valence electrons. The Balaban J connectivity index is 3.35. The molecule has 0 fully saturated rings. The minimum Gasteiger partial charge on any atom is -0.249 e. The summed E-state index contributed by atoms with van der Waals surface area (Å²) in [5, 5.41) is 0. The molecule has 4 heteroatoms. The van der Waals surface area contributed by atoms with Crippen molar-refractivity contribution >= 4 is 27.3 Å². The van der Waals surface area contributed by atoms with Gasteiger partial charge < -0.3 is 0 Å². The van der Waals surface area contributed by atoms with Gasteiger partial charge in [-0.3, -0.25) is 0 Å². The van der Waals surface area contributed by atoms with E-state index in [0.717, 1.165) is 22.8 Å². The first-order valence-electron chi connectivity index (χ1n) is 8.05. The standard InChI is InChI=1S/C18H32N2Si2/c1-13(11-21(5,6)7)17-15(3)20-18(16(4)19-17)14(2)12-22(8,9)10/h11-12H,1-10H3/b13-11+,14-12+. The van der Waals surface area contributed by atoms with Crippen LogP contribution in [0.25, 0.3) is 11.1 Å². The van der Waals surface area contributed by atoms with Gasteiger partial charge in [0.05, 0.1) is 38.9 Å². The summed E-state index contributed by atoms with van der Waals surface area (Å²) < 4.78 is 0. The van der Waals surface area contributed by atoms with Crippen LogP contribution in [-0.2, 0) is 0 Å². The Labute approximate surface area is 138 Å². The average molecular weight is 333 g/mol. The maximum absolute atomic E-state index is 4.87. The molecule has 0 aliphatic heterocycles. The van der Waals surface area contributed by atoms with E-state index in [-0.39, 0.29) is 0 Å². The first kappa shape index (κ1) is 19.0. The molecule has 0 aliphatic carbocycles. The fraction of sp³-hybridized carbons (Fsp3) is 0.556. The molecule has 0 unspecified atom stereocenters. The van der Waals surface area contributed by atoms with Gasteiger partial charge in [0.1, 0.15) is 0 Å². The van der Waals surface area contributed by atoms with Crippen LogP contribution in [0.1, 0.15) is 36.6 Å². The van der Waals surface area contributed by atoms with Crippen LogP contribution in [0.5, 0.6) is 0 Å². The van der Waals surface area contributed by atoms with Gasteiger partial charge in [0.25, 0.3) is 0 Å². The van der Waals surface area contributed by atoms with E-state index in [1.54, 1.807) is 0 Å². The summed E-state index contributed by atoms with van der Waals surface area (Å²) >= 11 is 0. The summed E-state index contributed by atoms with van der Waals surface area (Å²) in [6, 6.07) is 0. The molecule has 0 spiro atoms. The second-order valence-corrected chi connectivity index (χ2v) is 18.5. The van der Waals surface area contributed by atoms with Crippen LogP contribution >= 0.6 is 0 Å². The number of allylic oxidation sites excluding steroid dienone is 2. The van der Waals surface area contributed by atoms with Crippen LogP contribution in [0, 0.1) is 13.8 Å². The van der Waals surface area contributed by atoms with Crippen molar-refractivity contribution in [2.24, 2.45) is 0 Å². The third-order valence-corrected chi connectivity index (χ3v) is 5.89. The van der Waals surface area contributed by atoms with E-state index in [9.17, 15) is 0 Å². The summed E-state index contributed by atoms with van der Waals surface area (Å²) in [6.45, 7) is 22.6. The molecular formula is C18H32N2Si2. The largest absolute Gasteiger partial charge is 0.249 e. The van der Waals surface area contributed by atoms with Gasteiger partial charge in [-0.25, -0.2) is 9.97 Å². The molecule has 0 atom stereocenters. The van der Waals surface area contributed by atoms with Crippen molar-refractivity contribution < 1.29 is 0 Å². The van der Waals surface area contributed by atoms with Crippen molar-refractivity contribution in [1.82, 2.24) is 9.97 Å². The number of aromatic nitrogens is 2. The number of rotatable bonds is 4. The zero-order valence-corrected chi connectivity index (χ0v) is 18.0. The Morgan fingerprint density at radius 2 is 0.955 bits per heavy atom. The Morgan fingerprint density at radius 1 is 0.682 bits per heavy atom. The number of hydrogen-bond acceptors (Lipinski definition) is 2. The van der Waals surface area contributed by atoms with Gasteiger partial charge in [-0.1, -0.05) is 50.7 Å². The van der Waals surface area contributed by atoms with E-state index in [1.807, 2.05) is 0 Å². The molecule has 0 aliphatic rings. The van der Waals surface area contributed by atoms with Gasteiger partial charge >= 0.3 is 0 Å². The van der Waals surface area contributed by atoms with Gasteiger partial charge in [-0.05, 0) is 38.8 Å². The van der Waals surface area contributed by atoms with Crippen molar-refractivity contribution in [3.8, 4) is 0 Å². The van der Waals surface area contributed by atoms with E-state index < -0.39 is 16.1 Å². The van der Waals surface area contributed by atoms with Crippen molar-refractivity contribution in [2.45, 2.75) is 67.0 Å². The topological polar surface area (TPSA) is 25.8 Å². The molecule has 1 aromatic rings. The molecule has 1 rings (SSSR count). The minimum atomic E-state index is -1.25. The molecule has 0 bridgehead atoms. The van der Waals surface area contributed by atoms with Crippen LogP contribution in [0.3, 0.4) is 0 Å². The van der Waals surface area contributed by atoms with Gasteiger partial charge in [-0.15, -0.1) is 0 Å². The highest BCUT2D eigenvalue weighted by Crippen LogP contribution is 2.23. The van der Waals surface area contributed by atoms with Crippen molar-refractivity contribution in [3.05, 3.63) is 34.2 Å². The number of aryl methyl sites for hydroxylation is 2. The Kier molecular flexibility index (Phi) is 5.73. The summed E-state index contributed by atoms with van der Waals surface area (Å²) in [6.07, 6.45) is 0. The highest BCUT2D eigenvalue weighted by Gasteiger charge is 2.16. The second-order valence-electron chi connectivity index (χ2n) is 8.48. The maximum Gasteiger partial charge on any atom is 0.0868 e. The van der Waals surface area contributed by atoms with Gasteiger partial charge in [0.2, 0.25) is 0 Å². The number of nitrogens with zero attached hydrogens (tertiary/aromatic N) is 2. The molecule has 0 N–H and O–H groups in total. The molecule has 1 heterocycles. The first-order chi connectivity index (χ1) is 9.80. The Bertz CT molecular complexity index is 559. The molecule has 0 radical (unpaired) electrons. The van der Waals surface area contributed by atoms with Gasteiger partial charge in [-0.2, -0.15) is 0 Å². The normalized spacial score (nSPS) is 14.5. The molecule has 0 amide bonds. The molecular weight excluding hydrogens is 300 g/mol. The van der Waals surface area contributed by atoms with Crippen LogP contribution in [-0.4, -0.2) is 26.1 Å². The lowest BCUT2D eigenvalue weighted by molar-refractivity contribution is 1.01. The molecule has 1 aromatic heterocycles. The van der Waals surface area contributed by atoms with E-state index in [1.165, 1.54) is 11.1 Å². The fourth-order valence-electron chi connectivity index (χ4n) is 2.79. The van der Waals surface area contributed by atoms with E-state index >= 15 is 0 Å². The van der Waals surface area contributed by atoms with E-state index in [4.69, 9.17) is 9.97 Å². The monoisotopic (exact) mass is 332 g/mol. The van der Waals surface area contributed by atoms with Crippen molar-refractivity contribution in [1.29, 1.82) is 0 Å². The van der Waals surface area contributed by atoms with Crippen molar-refractivity contribution in [2.75, 3.05) is 0 Å². The molecule has 2 nitrogen and oxygen atoms in total. The molecule has 22 heavy (non-hydrogen) atoms. The maximum atomic E-state index is 4.87. The average Bonchev–Trinajstić information content (AvgIpc) is 2.26. The smallest absolute Gasteiger partial charge is 0.0868 e. The summed E-state index contributed by atoms with van der Waals surface area (Å²) in [5.41, 5.74) is 11.6. The zero-order valence-electron chi connectivity index (χ0n) is 16.0. The highest BCUT2D eigenvalue weighted by molar-refractivity contribution is 6.82. The third kappa shape index (κ3) is 5.65. The van der Waals surface area contributed by atoms with Crippen molar-refractivity contribution in [3.63, 3.8) is 0 Å². The van der Waals surface area contributed by atoms with E-state index in [0.29, 0.717) is 0 Å². The summed E-state index contributed by atoms with van der Waals surface area (Å²) in [7, 11) is -2.49. The summed E-state index contributed by atoms with van der Waals surface area (Å²) in [4.78, 5) is 9.75. The van der Waals surface area contributed by atoms with Crippen LogP contribution in [0.15, 0.2) is 11.4 Å². The predicted molar refractivity (Wildman–Crippen MR) is 106 cm³/mol. The third-order valence-electron chi connectivity index (χ3n) is 3.29. The molecule has 0 aromatic carbocycles. The Morgan fingerprint density at radius 3 is 1.18 bits per heavy atom. The predicted octanol–water partition coefficient (Wildman–Crippen LogP) is 5.65. The van der Waals surface area contributed by atoms with Gasteiger partial charge in [0.15, 0.2) is 0 Å². The van der Waals surface area contributed by atoms with Gasteiger partial charge in [0, 0.05) is 0 Å². The zero-order chi connectivity index (χ0) is 17.3. The number of hydrogen-bond donors (Lipinski definition) is 0. The first-order valence-corrected chi connectivity index (χ1v) is 15.2. The quantitative estimate of drug-likeness (QED) is 0.665. The van der Waals surface area contributed by atoms with E-state index in [2.05, 4.69) is 78.4 Å². The van der Waals surface area contributed by atoms with Crippen LogP contribution in [0.2, 0.25) is 39.3 Å². The second kappa shape index (κ2) is 6.63. The van der Waals surface area contributed by atoms with Crippen LogP contribution < -0.4 is 0 Å². The molecule has 0 saturated carbocycles. The Hall–Kier alpha value is -1.01. The fourth-order valence-corrected chi connectivity index (χ4v) is 5.66. The van der Waals surface area contributed by atoms with Crippen LogP contribution in [0.4, 0.5) is 0 Å². The minimum absolute atomic E-state index is 1.04.